The molecule has 2 aliphatic heterocycles. The second kappa shape index (κ2) is 9.11. The van der Waals surface area contributed by atoms with E-state index in [9.17, 15) is 18.0 Å². The molecule has 0 radical (unpaired) electrons. The Kier molecular flexibility index (Phi) is 6.24. The van der Waals surface area contributed by atoms with Crippen LogP contribution in [0.2, 0.25) is 0 Å². The van der Waals surface area contributed by atoms with E-state index in [2.05, 4.69) is 0 Å². The van der Waals surface area contributed by atoms with E-state index < -0.39 is 17.2 Å². The summed E-state index contributed by atoms with van der Waals surface area (Å²) in [6.45, 7) is 5.19. The Bertz CT molecular complexity index is 1170. The van der Waals surface area contributed by atoms with Crippen LogP contribution in [0.5, 0.6) is 0 Å². The third kappa shape index (κ3) is 4.24. The van der Waals surface area contributed by atoms with Crippen LogP contribution >= 0.6 is 0 Å². The third-order valence-electron chi connectivity index (χ3n) is 8.23. The van der Waals surface area contributed by atoms with Gasteiger partial charge < -0.3 is 14.5 Å². The number of halogens is 3. The van der Waals surface area contributed by atoms with E-state index in [1.807, 2.05) is 47.1 Å². The Morgan fingerprint density at radius 1 is 1.17 bits per heavy atom. The van der Waals surface area contributed by atoms with Gasteiger partial charge in [-0.25, -0.2) is 0 Å². The summed E-state index contributed by atoms with van der Waals surface area (Å²) in [5.74, 6) is 0.351. The Morgan fingerprint density at radius 3 is 2.56 bits per heavy atom. The fraction of sp³-hybridized carbons (Fsp3) is 0.500. The van der Waals surface area contributed by atoms with Crippen molar-refractivity contribution in [1.82, 2.24) is 4.90 Å². The molecule has 3 fully saturated rings. The molecule has 2 heterocycles. The second-order valence-electron chi connectivity index (χ2n) is 10.4. The monoisotopic (exact) mass is 497 g/mol. The van der Waals surface area contributed by atoms with E-state index in [0.717, 1.165) is 30.9 Å². The van der Waals surface area contributed by atoms with Gasteiger partial charge in [-0.2, -0.15) is 18.4 Å². The van der Waals surface area contributed by atoms with Crippen LogP contribution in [0.1, 0.15) is 42.9 Å². The van der Waals surface area contributed by atoms with E-state index in [0.29, 0.717) is 45.1 Å². The molecule has 1 saturated carbocycles. The Morgan fingerprint density at radius 2 is 1.92 bits per heavy atom. The molecular weight excluding hydrogens is 467 g/mol. The number of rotatable bonds is 6. The number of benzene rings is 2. The van der Waals surface area contributed by atoms with Gasteiger partial charge in [0.1, 0.15) is 0 Å². The molecule has 5 rings (SSSR count). The first-order chi connectivity index (χ1) is 17.2. The zero-order valence-electron chi connectivity index (χ0n) is 20.4. The highest BCUT2D eigenvalue weighted by Crippen LogP contribution is 2.52. The van der Waals surface area contributed by atoms with Crippen molar-refractivity contribution >= 4 is 11.6 Å². The largest absolute Gasteiger partial charge is 0.417 e. The Labute approximate surface area is 209 Å². The second-order valence-corrected chi connectivity index (χ2v) is 10.4. The van der Waals surface area contributed by atoms with Crippen LogP contribution in [0, 0.1) is 22.7 Å². The van der Waals surface area contributed by atoms with Crippen molar-refractivity contribution < 1.29 is 22.7 Å². The van der Waals surface area contributed by atoms with E-state index in [-0.39, 0.29) is 22.8 Å². The molecule has 36 heavy (non-hydrogen) atoms. The summed E-state index contributed by atoms with van der Waals surface area (Å²) in [5.41, 5.74) is -0.587. The van der Waals surface area contributed by atoms with E-state index >= 15 is 0 Å². The van der Waals surface area contributed by atoms with Crippen molar-refractivity contribution in [3.05, 3.63) is 65.2 Å². The van der Waals surface area contributed by atoms with Crippen molar-refractivity contribution in [2.45, 2.75) is 37.8 Å². The summed E-state index contributed by atoms with van der Waals surface area (Å²) in [6, 6.07) is 15.5. The van der Waals surface area contributed by atoms with Gasteiger partial charge in [0.05, 0.1) is 29.2 Å². The lowest BCUT2D eigenvalue weighted by atomic mass is 9.73. The number of amides is 1. The molecule has 190 valence electrons. The van der Waals surface area contributed by atoms with Crippen molar-refractivity contribution in [3.63, 3.8) is 0 Å². The van der Waals surface area contributed by atoms with Crippen LogP contribution in [0.4, 0.5) is 18.9 Å². The number of nitrogens with zero attached hydrogens (tertiary/aromatic N) is 3. The van der Waals surface area contributed by atoms with Crippen molar-refractivity contribution in [1.29, 1.82) is 5.26 Å². The minimum absolute atomic E-state index is 0.152. The van der Waals surface area contributed by atoms with Gasteiger partial charge in [-0.1, -0.05) is 30.3 Å². The van der Waals surface area contributed by atoms with E-state index in [1.165, 1.54) is 6.07 Å². The van der Waals surface area contributed by atoms with Crippen molar-refractivity contribution in [2.75, 3.05) is 44.3 Å². The van der Waals surface area contributed by atoms with Crippen LogP contribution < -0.4 is 4.90 Å². The summed E-state index contributed by atoms with van der Waals surface area (Å²) in [5, 5.41) is 9.16. The number of fused-ring (bicyclic) bond motifs is 1. The highest BCUT2D eigenvalue weighted by Gasteiger charge is 2.57. The predicted octanol–water partition coefficient (Wildman–Crippen LogP) is 5.00. The first-order valence-corrected chi connectivity index (χ1v) is 12.5. The molecule has 1 aliphatic carbocycles. The predicted molar refractivity (Wildman–Crippen MR) is 129 cm³/mol. The molecule has 5 nitrogen and oxygen atoms in total. The molecule has 2 aromatic carbocycles. The van der Waals surface area contributed by atoms with Gasteiger partial charge >= 0.3 is 6.18 Å². The lowest BCUT2D eigenvalue weighted by molar-refractivity contribution is -0.140. The fourth-order valence-electron chi connectivity index (χ4n) is 6.14. The third-order valence-corrected chi connectivity index (χ3v) is 8.23. The van der Waals surface area contributed by atoms with Crippen LogP contribution in [-0.4, -0.2) is 50.2 Å². The number of likely N-dealkylation sites (tertiary alicyclic amines) is 1. The molecule has 2 atom stereocenters. The molecule has 0 N–H and O–H groups in total. The molecule has 0 spiro atoms. The standard InChI is InChI=1S/C28H30F3N3O2/c1-2-36-19-26-17-33(25(35)27(11-12-27)21-6-4-3-5-7-21)13-10-22(26)16-34(18-26)23-9-8-20(15-32)24(14-23)28(29,30)31/h3-9,14,22H,2,10-13,16-19H2,1H3. The highest BCUT2D eigenvalue weighted by molar-refractivity contribution is 5.91. The number of carbonyl (C=O) groups excluding carboxylic acids is 1. The van der Waals surface area contributed by atoms with Crippen molar-refractivity contribution in [2.24, 2.45) is 11.3 Å². The number of piperidine rings is 1. The number of ether oxygens (including phenoxy) is 1. The van der Waals surface area contributed by atoms with Gasteiger partial charge in [0.15, 0.2) is 0 Å². The lowest BCUT2D eigenvalue weighted by Crippen LogP contribution is -2.55. The smallest absolute Gasteiger partial charge is 0.381 e. The fourth-order valence-corrected chi connectivity index (χ4v) is 6.14. The van der Waals surface area contributed by atoms with Crippen LogP contribution in [-0.2, 0) is 21.1 Å². The first kappa shape index (κ1) is 24.6. The normalized spacial score (nSPS) is 24.8. The average molecular weight is 498 g/mol. The van der Waals surface area contributed by atoms with E-state index in [1.54, 1.807) is 12.1 Å². The topological polar surface area (TPSA) is 56.6 Å². The van der Waals surface area contributed by atoms with Crippen LogP contribution in [0.3, 0.4) is 0 Å². The highest BCUT2D eigenvalue weighted by atomic mass is 19.4. The van der Waals surface area contributed by atoms with Gasteiger partial charge in [-0.3, -0.25) is 4.79 Å². The summed E-state index contributed by atoms with van der Waals surface area (Å²) >= 11 is 0. The van der Waals surface area contributed by atoms with Gasteiger partial charge in [0.25, 0.3) is 0 Å². The van der Waals surface area contributed by atoms with Gasteiger partial charge in [0, 0.05) is 43.9 Å². The number of anilines is 1. The maximum absolute atomic E-state index is 13.8. The maximum atomic E-state index is 13.8. The van der Waals surface area contributed by atoms with E-state index in [4.69, 9.17) is 10.00 Å². The minimum atomic E-state index is -4.60. The van der Waals surface area contributed by atoms with Crippen LogP contribution in [0.15, 0.2) is 48.5 Å². The molecule has 0 bridgehead atoms. The summed E-state index contributed by atoms with van der Waals surface area (Å²) < 4.78 is 46.7. The summed E-state index contributed by atoms with van der Waals surface area (Å²) in [6.07, 6.45) is -2.14. The zero-order valence-corrected chi connectivity index (χ0v) is 20.4. The molecule has 2 unspecified atom stereocenters. The van der Waals surface area contributed by atoms with Gasteiger partial charge in [-0.15, -0.1) is 0 Å². The minimum Gasteiger partial charge on any atom is -0.381 e. The number of hydrogen-bond acceptors (Lipinski definition) is 4. The summed E-state index contributed by atoms with van der Waals surface area (Å²) in [7, 11) is 0. The number of carbonyl (C=O) groups is 1. The molecular formula is C28H30F3N3O2. The molecule has 1 amide bonds. The quantitative estimate of drug-likeness (QED) is 0.564. The molecule has 8 heteroatoms. The van der Waals surface area contributed by atoms with Gasteiger partial charge in [-0.05, 0) is 55.9 Å². The average Bonchev–Trinajstić information content (AvgIpc) is 3.61. The Balaban J connectivity index is 1.41. The van der Waals surface area contributed by atoms with Gasteiger partial charge in [0.2, 0.25) is 5.91 Å². The van der Waals surface area contributed by atoms with Crippen molar-refractivity contribution in [3.8, 4) is 6.07 Å². The molecule has 2 aromatic rings. The zero-order chi connectivity index (χ0) is 25.6. The lowest BCUT2D eigenvalue weighted by Gasteiger charge is -2.45. The molecule has 3 aliphatic rings. The van der Waals surface area contributed by atoms with Crippen LogP contribution in [0.25, 0.3) is 0 Å². The maximum Gasteiger partial charge on any atom is 0.417 e. The summed E-state index contributed by atoms with van der Waals surface area (Å²) in [4.78, 5) is 17.7. The SMILES string of the molecule is CCOCC12CN(C(=O)C3(c4ccccc4)CC3)CCC1CN(c1ccc(C#N)c(C(F)(F)F)c1)C2. The number of alkyl halides is 3. The number of nitriles is 1. The first-order valence-electron chi connectivity index (χ1n) is 12.5. The Hall–Kier alpha value is -3.05. The number of hydrogen-bond donors (Lipinski definition) is 0. The molecule has 0 aromatic heterocycles. The molecule has 2 saturated heterocycles.